The highest BCUT2D eigenvalue weighted by atomic mass is 35.5. The number of nitrogens with zero attached hydrogens (tertiary/aromatic N) is 3. The van der Waals surface area contributed by atoms with Crippen LogP contribution in [0.1, 0.15) is 27.2 Å². The highest BCUT2D eigenvalue weighted by Gasteiger charge is 2.42. The van der Waals surface area contributed by atoms with Gasteiger partial charge >= 0.3 is 12.1 Å². The van der Waals surface area contributed by atoms with Gasteiger partial charge in [-0.3, -0.25) is 4.90 Å². The molecule has 0 bridgehead atoms. The van der Waals surface area contributed by atoms with E-state index in [4.69, 9.17) is 21.1 Å². The first kappa shape index (κ1) is 19.2. The quantitative estimate of drug-likeness (QED) is 0.799. The van der Waals surface area contributed by atoms with Crippen LogP contribution in [0.5, 0.6) is 5.75 Å². The predicted octanol–water partition coefficient (Wildman–Crippen LogP) is 3.12. The van der Waals surface area contributed by atoms with E-state index >= 15 is 0 Å². The molecule has 144 valence electrons. The van der Waals surface area contributed by atoms with E-state index in [2.05, 4.69) is 9.97 Å². The summed E-state index contributed by atoms with van der Waals surface area (Å²) in [5, 5.41) is 10.5. The first-order valence-electron chi connectivity index (χ1n) is 8.43. The first-order chi connectivity index (χ1) is 12.6. The van der Waals surface area contributed by atoms with Crippen LogP contribution in [-0.4, -0.2) is 56.3 Å². The van der Waals surface area contributed by atoms with E-state index in [9.17, 15) is 14.7 Å². The maximum Gasteiger partial charge on any atom is 0.411 e. The molecule has 9 heteroatoms. The van der Waals surface area contributed by atoms with Crippen molar-refractivity contribution in [3.63, 3.8) is 0 Å². The molecule has 2 atom stereocenters. The second-order valence-electron chi connectivity index (χ2n) is 7.31. The number of likely N-dealkylation sites (tertiary alicyclic amines) is 1. The molecular formula is C18H20ClN3O5. The van der Waals surface area contributed by atoms with Crippen LogP contribution >= 0.6 is 11.6 Å². The van der Waals surface area contributed by atoms with Crippen molar-refractivity contribution < 1.29 is 24.2 Å². The topological polar surface area (TPSA) is 102 Å². The monoisotopic (exact) mass is 393 g/mol. The van der Waals surface area contributed by atoms with Crippen LogP contribution < -0.4 is 4.74 Å². The normalized spacial score (nSPS) is 19.9. The van der Waals surface area contributed by atoms with Gasteiger partial charge in [0.05, 0.1) is 12.1 Å². The lowest BCUT2D eigenvalue weighted by Crippen LogP contribution is -2.43. The molecule has 2 aromatic rings. The van der Waals surface area contributed by atoms with E-state index < -0.39 is 29.8 Å². The van der Waals surface area contributed by atoms with Crippen molar-refractivity contribution in [1.29, 1.82) is 0 Å². The lowest BCUT2D eigenvalue weighted by atomic mass is 10.2. The SMILES string of the molecule is CC(C)(C)OC(=O)N1C[C@@H](Oc2ccc3c(Cl)ncnc3c2)C[C@H]1C(=O)O. The number of aliphatic carboxylic acids is 1. The molecule has 3 rings (SSSR count). The third-order valence-corrected chi connectivity index (χ3v) is 4.34. The second-order valence-corrected chi connectivity index (χ2v) is 7.66. The maximum atomic E-state index is 12.3. The Morgan fingerprint density at radius 2 is 2.04 bits per heavy atom. The van der Waals surface area contributed by atoms with E-state index in [0.29, 0.717) is 21.8 Å². The molecule has 1 amide bonds. The lowest BCUT2D eigenvalue weighted by molar-refractivity contribution is -0.142. The van der Waals surface area contributed by atoms with Crippen molar-refractivity contribution in [2.45, 2.75) is 44.9 Å². The zero-order valence-corrected chi connectivity index (χ0v) is 15.9. The lowest BCUT2D eigenvalue weighted by Gasteiger charge is -2.26. The number of carbonyl (C=O) groups is 2. The fourth-order valence-corrected chi connectivity index (χ4v) is 3.11. The Labute approximate surface area is 161 Å². The standard InChI is InChI=1S/C18H20ClN3O5/c1-18(2,3)27-17(25)22-8-11(7-14(22)16(23)24)26-10-4-5-12-13(6-10)20-9-21-15(12)19/h4-6,9,11,14H,7-8H2,1-3H3,(H,23,24)/t11-,14-/m0/s1. The van der Waals surface area contributed by atoms with Crippen LogP contribution in [0.25, 0.3) is 10.9 Å². The van der Waals surface area contributed by atoms with Gasteiger partial charge in [-0.15, -0.1) is 0 Å². The Kier molecular flexibility index (Phi) is 5.10. The number of benzene rings is 1. The summed E-state index contributed by atoms with van der Waals surface area (Å²) < 4.78 is 11.2. The van der Waals surface area contributed by atoms with Crippen molar-refractivity contribution in [2.75, 3.05) is 6.54 Å². The third kappa shape index (κ3) is 4.39. The number of carboxylic acid groups (broad SMARTS) is 1. The largest absolute Gasteiger partial charge is 0.488 e. The van der Waals surface area contributed by atoms with E-state index in [1.54, 1.807) is 39.0 Å². The molecular weight excluding hydrogens is 374 g/mol. The number of rotatable bonds is 3. The number of ether oxygens (including phenoxy) is 2. The number of halogens is 1. The van der Waals surface area contributed by atoms with Crippen molar-refractivity contribution in [2.24, 2.45) is 0 Å². The molecule has 1 fully saturated rings. The molecule has 1 saturated heterocycles. The molecule has 27 heavy (non-hydrogen) atoms. The minimum Gasteiger partial charge on any atom is -0.488 e. The van der Waals surface area contributed by atoms with Gasteiger partial charge in [0.1, 0.15) is 35.0 Å². The number of aromatic nitrogens is 2. The number of hydrogen-bond donors (Lipinski definition) is 1. The molecule has 0 radical (unpaired) electrons. The smallest absolute Gasteiger partial charge is 0.411 e. The Morgan fingerprint density at radius 3 is 2.70 bits per heavy atom. The fraction of sp³-hybridized carbons (Fsp3) is 0.444. The Balaban J connectivity index is 1.76. The number of hydrogen-bond acceptors (Lipinski definition) is 6. The summed E-state index contributed by atoms with van der Waals surface area (Å²) in [6.07, 6.45) is 0.374. The summed E-state index contributed by atoms with van der Waals surface area (Å²) in [6, 6.07) is 4.16. The summed E-state index contributed by atoms with van der Waals surface area (Å²) in [5.74, 6) is -0.581. The van der Waals surface area contributed by atoms with Gasteiger partial charge in [0.15, 0.2) is 0 Å². The molecule has 0 saturated carbocycles. The van der Waals surface area contributed by atoms with Crippen molar-refractivity contribution in [3.05, 3.63) is 29.7 Å². The molecule has 0 spiro atoms. The Morgan fingerprint density at radius 1 is 1.30 bits per heavy atom. The summed E-state index contributed by atoms with van der Waals surface area (Å²) >= 11 is 6.03. The molecule has 1 N–H and O–H groups in total. The van der Waals surface area contributed by atoms with Gasteiger partial charge in [-0.1, -0.05) is 11.6 Å². The van der Waals surface area contributed by atoms with Gasteiger partial charge < -0.3 is 14.6 Å². The van der Waals surface area contributed by atoms with Gasteiger partial charge in [-0.2, -0.15) is 0 Å². The van der Waals surface area contributed by atoms with Crippen LogP contribution in [0.2, 0.25) is 5.15 Å². The molecule has 1 aromatic carbocycles. The number of carboxylic acids is 1. The van der Waals surface area contributed by atoms with E-state index in [0.717, 1.165) is 0 Å². The zero-order valence-electron chi connectivity index (χ0n) is 15.2. The fourth-order valence-electron chi connectivity index (χ4n) is 2.91. The summed E-state index contributed by atoms with van der Waals surface area (Å²) in [6.45, 7) is 5.31. The van der Waals surface area contributed by atoms with Gasteiger partial charge in [0, 0.05) is 17.9 Å². The summed E-state index contributed by atoms with van der Waals surface area (Å²) in [5.41, 5.74) is -0.0968. The molecule has 0 aliphatic carbocycles. The molecule has 8 nitrogen and oxygen atoms in total. The zero-order chi connectivity index (χ0) is 19.8. The van der Waals surface area contributed by atoms with Gasteiger partial charge in [0.2, 0.25) is 0 Å². The Bertz CT molecular complexity index is 883. The number of amides is 1. The predicted molar refractivity (Wildman–Crippen MR) is 97.9 cm³/mol. The number of carbonyl (C=O) groups excluding carboxylic acids is 1. The molecule has 1 aliphatic rings. The maximum absolute atomic E-state index is 12.3. The molecule has 0 unspecified atom stereocenters. The van der Waals surface area contributed by atoms with E-state index in [-0.39, 0.29) is 13.0 Å². The van der Waals surface area contributed by atoms with E-state index in [1.807, 2.05) is 0 Å². The summed E-state index contributed by atoms with van der Waals surface area (Å²) in [7, 11) is 0. The van der Waals surface area contributed by atoms with Crippen LogP contribution in [0, 0.1) is 0 Å². The highest BCUT2D eigenvalue weighted by molar-refractivity contribution is 6.34. The first-order valence-corrected chi connectivity index (χ1v) is 8.81. The minimum atomic E-state index is -1.09. The number of fused-ring (bicyclic) bond motifs is 1. The van der Waals surface area contributed by atoms with Crippen molar-refractivity contribution >= 4 is 34.6 Å². The Hall–Kier alpha value is -2.61. The molecule has 1 aliphatic heterocycles. The second kappa shape index (κ2) is 7.19. The third-order valence-electron chi connectivity index (χ3n) is 4.04. The van der Waals surface area contributed by atoms with Crippen LogP contribution in [-0.2, 0) is 9.53 Å². The molecule has 1 aromatic heterocycles. The van der Waals surface area contributed by atoms with Crippen LogP contribution in [0.3, 0.4) is 0 Å². The van der Waals surface area contributed by atoms with Crippen LogP contribution in [0.4, 0.5) is 4.79 Å². The highest BCUT2D eigenvalue weighted by Crippen LogP contribution is 2.28. The van der Waals surface area contributed by atoms with Gasteiger partial charge in [-0.05, 0) is 32.9 Å². The molecule has 2 heterocycles. The average Bonchev–Trinajstić information content (AvgIpc) is 2.98. The summed E-state index contributed by atoms with van der Waals surface area (Å²) in [4.78, 5) is 33.2. The van der Waals surface area contributed by atoms with Crippen molar-refractivity contribution in [1.82, 2.24) is 14.9 Å². The van der Waals surface area contributed by atoms with Crippen molar-refractivity contribution in [3.8, 4) is 5.75 Å². The average molecular weight is 394 g/mol. The van der Waals surface area contributed by atoms with Gasteiger partial charge in [-0.25, -0.2) is 19.6 Å². The minimum absolute atomic E-state index is 0.119. The van der Waals surface area contributed by atoms with Crippen LogP contribution in [0.15, 0.2) is 24.5 Å². The van der Waals surface area contributed by atoms with E-state index in [1.165, 1.54) is 11.2 Å². The van der Waals surface area contributed by atoms with Gasteiger partial charge in [0.25, 0.3) is 0 Å².